The van der Waals surface area contributed by atoms with Crippen LogP contribution >= 0.6 is 0 Å². The van der Waals surface area contributed by atoms with Gasteiger partial charge in [0.2, 0.25) is 5.88 Å². The molecule has 1 atom stereocenters. The zero-order valence-corrected chi connectivity index (χ0v) is 9.68. The Balaban J connectivity index is 2.07. The molecule has 1 aliphatic heterocycles. The molecule has 0 unspecified atom stereocenters. The molecule has 1 aliphatic rings. The molecule has 0 amide bonds. The Morgan fingerprint density at radius 3 is 3.12 bits per heavy atom. The highest BCUT2D eigenvalue weighted by Crippen LogP contribution is 2.18. The van der Waals surface area contributed by atoms with Crippen LogP contribution in [0.1, 0.15) is 28.9 Å². The van der Waals surface area contributed by atoms with Crippen molar-refractivity contribution in [3.8, 4) is 5.88 Å². The number of carbonyl (C=O) groups is 1. The van der Waals surface area contributed by atoms with Crippen LogP contribution in [-0.4, -0.2) is 35.4 Å². The van der Waals surface area contributed by atoms with Crippen molar-refractivity contribution in [3.63, 3.8) is 0 Å². The normalized spacial score (nSPS) is 19.2. The number of rotatable bonds is 4. The van der Waals surface area contributed by atoms with Crippen LogP contribution in [0.5, 0.6) is 5.88 Å². The molecule has 1 aromatic heterocycles. The summed E-state index contributed by atoms with van der Waals surface area (Å²) in [5, 5.41) is 9.00. The van der Waals surface area contributed by atoms with Gasteiger partial charge in [0.15, 0.2) is 0 Å². The summed E-state index contributed by atoms with van der Waals surface area (Å²) >= 11 is 0. The smallest absolute Gasteiger partial charge is 0.341 e. The fraction of sp³-hybridized carbons (Fsp3) is 0.500. The van der Waals surface area contributed by atoms with E-state index in [4.69, 9.17) is 14.6 Å². The van der Waals surface area contributed by atoms with E-state index in [0.717, 1.165) is 25.1 Å². The van der Waals surface area contributed by atoms with Gasteiger partial charge in [0.25, 0.3) is 0 Å². The number of hydrogen-bond donors (Lipinski definition) is 1. The van der Waals surface area contributed by atoms with E-state index in [1.807, 2.05) is 0 Å². The number of hydrogen-bond acceptors (Lipinski definition) is 4. The SMILES string of the molecule is Cc1ccc(C(=O)O)c(OC[C@H]2CCCO2)n1. The average molecular weight is 237 g/mol. The summed E-state index contributed by atoms with van der Waals surface area (Å²) in [6.07, 6.45) is 2.04. The molecule has 2 rings (SSSR count). The topological polar surface area (TPSA) is 68.7 Å². The molecule has 92 valence electrons. The number of carboxylic acids is 1. The van der Waals surface area contributed by atoms with Gasteiger partial charge in [0.05, 0.1) is 6.10 Å². The van der Waals surface area contributed by atoms with E-state index >= 15 is 0 Å². The molecule has 5 nitrogen and oxygen atoms in total. The number of aromatic carboxylic acids is 1. The minimum Gasteiger partial charge on any atom is -0.477 e. The Morgan fingerprint density at radius 2 is 2.47 bits per heavy atom. The molecular weight excluding hydrogens is 222 g/mol. The molecule has 0 spiro atoms. The fourth-order valence-corrected chi connectivity index (χ4v) is 1.75. The molecule has 5 heteroatoms. The minimum absolute atomic E-state index is 0.0546. The van der Waals surface area contributed by atoms with Gasteiger partial charge in [-0.3, -0.25) is 0 Å². The first kappa shape index (κ1) is 11.9. The van der Waals surface area contributed by atoms with Crippen molar-refractivity contribution in [2.45, 2.75) is 25.9 Å². The number of ether oxygens (including phenoxy) is 2. The van der Waals surface area contributed by atoms with Crippen LogP contribution in [-0.2, 0) is 4.74 Å². The van der Waals surface area contributed by atoms with Gasteiger partial charge >= 0.3 is 5.97 Å². The van der Waals surface area contributed by atoms with Crippen LogP contribution in [0, 0.1) is 6.92 Å². The van der Waals surface area contributed by atoms with Gasteiger partial charge in [0, 0.05) is 12.3 Å². The van der Waals surface area contributed by atoms with Crippen LogP contribution in [0.3, 0.4) is 0 Å². The molecule has 1 fully saturated rings. The third kappa shape index (κ3) is 2.94. The number of carboxylic acid groups (broad SMARTS) is 1. The average Bonchev–Trinajstić information content (AvgIpc) is 2.78. The molecular formula is C12H15NO4. The first-order chi connectivity index (χ1) is 8.16. The molecule has 17 heavy (non-hydrogen) atoms. The summed E-state index contributed by atoms with van der Waals surface area (Å²) in [7, 11) is 0. The largest absolute Gasteiger partial charge is 0.477 e. The molecule has 2 heterocycles. The summed E-state index contributed by atoms with van der Waals surface area (Å²) in [6.45, 7) is 2.91. The molecule has 0 aromatic carbocycles. The lowest BCUT2D eigenvalue weighted by atomic mass is 10.2. The van der Waals surface area contributed by atoms with Crippen molar-refractivity contribution < 1.29 is 19.4 Å². The van der Waals surface area contributed by atoms with E-state index in [2.05, 4.69) is 4.98 Å². The van der Waals surface area contributed by atoms with Crippen LogP contribution in [0.4, 0.5) is 0 Å². The molecule has 0 aliphatic carbocycles. The number of nitrogens with zero attached hydrogens (tertiary/aromatic N) is 1. The summed E-state index contributed by atoms with van der Waals surface area (Å²) < 4.78 is 10.9. The molecule has 0 radical (unpaired) electrons. The van der Waals surface area contributed by atoms with Gasteiger partial charge in [-0.1, -0.05) is 0 Å². The van der Waals surface area contributed by atoms with E-state index in [9.17, 15) is 4.79 Å². The van der Waals surface area contributed by atoms with Crippen molar-refractivity contribution in [2.75, 3.05) is 13.2 Å². The second-order valence-electron chi connectivity index (χ2n) is 4.06. The highest BCUT2D eigenvalue weighted by atomic mass is 16.5. The van der Waals surface area contributed by atoms with Gasteiger partial charge in [-0.05, 0) is 31.9 Å². The van der Waals surface area contributed by atoms with E-state index in [0.29, 0.717) is 6.61 Å². The van der Waals surface area contributed by atoms with E-state index in [1.165, 1.54) is 6.07 Å². The van der Waals surface area contributed by atoms with Crippen LogP contribution < -0.4 is 4.74 Å². The van der Waals surface area contributed by atoms with Gasteiger partial charge < -0.3 is 14.6 Å². The number of pyridine rings is 1. The summed E-state index contributed by atoms with van der Waals surface area (Å²) in [6, 6.07) is 3.16. The quantitative estimate of drug-likeness (QED) is 0.862. The second kappa shape index (κ2) is 5.14. The maximum absolute atomic E-state index is 11.0. The van der Waals surface area contributed by atoms with E-state index in [1.54, 1.807) is 13.0 Å². The Labute approximate surface area is 99.4 Å². The Hall–Kier alpha value is -1.62. The zero-order chi connectivity index (χ0) is 12.3. The first-order valence-electron chi connectivity index (χ1n) is 5.62. The molecule has 1 aromatic rings. The van der Waals surface area contributed by atoms with Crippen molar-refractivity contribution in [3.05, 3.63) is 23.4 Å². The van der Waals surface area contributed by atoms with Crippen molar-refractivity contribution >= 4 is 5.97 Å². The van der Waals surface area contributed by atoms with Gasteiger partial charge in [-0.25, -0.2) is 9.78 Å². The minimum atomic E-state index is -1.03. The Bertz CT molecular complexity index is 413. The van der Waals surface area contributed by atoms with Crippen LogP contribution in [0.25, 0.3) is 0 Å². The molecule has 1 N–H and O–H groups in total. The maximum atomic E-state index is 11.0. The lowest BCUT2D eigenvalue weighted by molar-refractivity contribution is 0.0616. The first-order valence-corrected chi connectivity index (χ1v) is 5.62. The molecule has 1 saturated heterocycles. The lowest BCUT2D eigenvalue weighted by Crippen LogP contribution is -2.18. The molecule has 0 bridgehead atoms. The standard InChI is InChI=1S/C12H15NO4/c1-8-4-5-10(12(14)15)11(13-8)17-7-9-3-2-6-16-9/h4-5,9H,2-3,6-7H2,1H3,(H,14,15)/t9-/m1/s1. The third-order valence-electron chi connectivity index (χ3n) is 2.66. The van der Waals surface area contributed by atoms with E-state index < -0.39 is 5.97 Å². The number of aromatic nitrogens is 1. The predicted molar refractivity (Wildman–Crippen MR) is 60.4 cm³/mol. The van der Waals surface area contributed by atoms with Crippen molar-refractivity contribution in [1.82, 2.24) is 4.98 Å². The fourth-order valence-electron chi connectivity index (χ4n) is 1.75. The Morgan fingerprint density at radius 1 is 1.65 bits per heavy atom. The zero-order valence-electron chi connectivity index (χ0n) is 9.68. The van der Waals surface area contributed by atoms with E-state index in [-0.39, 0.29) is 17.5 Å². The van der Waals surface area contributed by atoms with Crippen LogP contribution in [0.15, 0.2) is 12.1 Å². The van der Waals surface area contributed by atoms with Gasteiger partial charge in [-0.2, -0.15) is 0 Å². The second-order valence-corrected chi connectivity index (χ2v) is 4.06. The third-order valence-corrected chi connectivity index (χ3v) is 2.66. The maximum Gasteiger partial charge on any atom is 0.341 e. The lowest BCUT2D eigenvalue weighted by Gasteiger charge is -2.12. The van der Waals surface area contributed by atoms with Gasteiger partial charge in [0.1, 0.15) is 12.2 Å². The van der Waals surface area contributed by atoms with Crippen LogP contribution in [0.2, 0.25) is 0 Å². The predicted octanol–water partition coefficient (Wildman–Crippen LogP) is 1.65. The van der Waals surface area contributed by atoms with Crippen molar-refractivity contribution in [1.29, 1.82) is 0 Å². The summed E-state index contributed by atoms with van der Waals surface area (Å²) in [5.41, 5.74) is 0.825. The Kier molecular flexibility index (Phi) is 3.58. The highest BCUT2D eigenvalue weighted by molar-refractivity contribution is 5.90. The summed E-state index contributed by atoms with van der Waals surface area (Å²) in [5.74, 6) is -0.854. The summed E-state index contributed by atoms with van der Waals surface area (Å²) in [4.78, 5) is 15.1. The molecule has 0 saturated carbocycles. The van der Waals surface area contributed by atoms with Crippen molar-refractivity contribution in [2.24, 2.45) is 0 Å². The highest BCUT2D eigenvalue weighted by Gasteiger charge is 2.19. The monoisotopic (exact) mass is 237 g/mol. The van der Waals surface area contributed by atoms with Gasteiger partial charge in [-0.15, -0.1) is 0 Å². The number of aryl methyl sites for hydroxylation is 1.